The van der Waals surface area contributed by atoms with Crippen molar-refractivity contribution in [2.45, 2.75) is 10.1 Å². The van der Waals surface area contributed by atoms with E-state index in [0.29, 0.717) is 17.4 Å². The lowest BCUT2D eigenvalue weighted by atomic mass is 10.4. The minimum absolute atomic E-state index is 0.374. The molecule has 1 rings (SSSR count). The van der Waals surface area contributed by atoms with Gasteiger partial charge in [-0.2, -0.15) is 0 Å². The number of nitro groups is 1. The highest BCUT2D eigenvalue weighted by molar-refractivity contribution is 7.91. The van der Waals surface area contributed by atoms with Crippen molar-refractivity contribution >= 4 is 38.6 Å². The van der Waals surface area contributed by atoms with Gasteiger partial charge in [0, 0.05) is 6.07 Å². The zero-order chi connectivity index (χ0) is 14.8. The molecular formula is C7H7ClF2N2O5S2. The molecule has 1 heterocycles. The lowest BCUT2D eigenvalue weighted by Gasteiger charge is -2.13. The number of thiophene rings is 1. The molecule has 0 aliphatic heterocycles. The van der Waals surface area contributed by atoms with Crippen LogP contribution in [0.1, 0.15) is 0 Å². The van der Waals surface area contributed by atoms with Crippen molar-refractivity contribution in [1.82, 2.24) is 4.72 Å². The summed E-state index contributed by atoms with van der Waals surface area (Å²) < 4.78 is 49.2. The maximum atomic E-state index is 12.7. The first kappa shape index (κ1) is 16.2. The standard InChI is InChI=1S/C7H7ClF2N2O5S2/c8-6-4(12(14)15)1-5(18-6)19(16,17)11-2-7(9,10)3-13/h1,11,13H,2-3H2. The van der Waals surface area contributed by atoms with Gasteiger partial charge in [0.2, 0.25) is 0 Å². The summed E-state index contributed by atoms with van der Waals surface area (Å²) in [6.07, 6.45) is 0. The first-order chi connectivity index (χ1) is 8.59. The van der Waals surface area contributed by atoms with E-state index in [1.165, 1.54) is 4.72 Å². The third-order valence-corrected chi connectivity index (χ3v) is 5.07. The number of aliphatic hydroxyl groups is 1. The maximum Gasteiger partial charge on any atom is 0.300 e. The van der Waals surface area contributed by atoms with Crippen molar-refractivity contribution < 1.29 is 27.2 Å². The van der Waals surface area contributed by atoms with E-state index in [9.17, 15) is 27.3 Å². The van der Waals surface area contributed by atoms with Crippen LogP contribution in [0.15, 0.2) is 10.3 Å². The third kappa shape index (κ3) is 4.04. The Morgan fingerprint density at radius 1 is 1.58 bits per heavy atom. The Morgan fingerprint density at radius 2 is 2.16 bits per heavy atom. The van der Waals surface area contributed by atoms with E-state index in [1.807, 2.05) is 0 Å². The molecule has 0 aliphatic carbocycles. The molecule has 0 bridgehead atoms. The minimum Gasteiger partial charge on any atom is -0.390 e. The monoisotopic (exact) mass is 336 g/mol. The number of nitrogens with one attached hydrogen (secondary N) is 1. The molecule has 0 fully saturated rings. The zero-order valence-electron chi connectivity index (χ0n) is 8.97. The van der Waals surface area contributed by atoms with Crippen LogP contribution in [-0.4, -0.2) is 37.5 Å². The van der Waals surface area contributed by atoms with Crippen molar-refractivity contribution in [3.8, 4) is 0 Å². The van der Waals surface area contributed by atoms with Gasteiger partial charge in [0.15, 0.2) is 4.34 Å². The van der Waals surface area contributed by atoms with Crippen LogP contribution in [0, 0.1) is 10.1 Å². The Morgan fingerprint density at radius 3 is 2.58 bits per heavy atom. The molecule has 108 valence electrons. The van der Waals surface area contributed by atoms with Gasteiger partial charge in [-0.15, -0.1) is 11.3 Å². The lowest BCUT2D eigenvalue weighted by Crippen LogP contribution is -2.38. The highest BCUT2D eigenvalue weighted by Crippen LogP contribution is 2.36. The van der Waals surface area contributed by atoms with Gasteiger partial charge in [-0.1, -0.05) is 11.6 Å². The fourth-order valence-corrected chi connectivity index (χ4v) is 3.69. The van der Waals surface area contributed by atoms with Crippen LogP contribution in [0.4, 0.5) is 14.5 Å². The molecule has 0 radical (unpaired) electrons. The largest absolute Gasteiger partial charge is 0.390 e. The Bertz CT molecular complexity index is 588. The molecule has 0 atom stereocenters. The van der Waals surface area contributed by atoms with Gasteiger partial charge in [-0.25, -0.2) is 21.9 Å². The summed E-state index contributed by atoms with van der Waals surface area (Å²) in [6.45, 7) is -2.85. The van der Waals surface area contributed by atoms with Crippen molar-refractivity contribution in [1.29, 1.82) is 0 Å². The van der Waals surface area contributed by atoms with E-state index in [-0.39, 0.29) is 4.34 Å². The summed E-state index contributed by atoms with van der Waals surface area (Å²) in [5.41, 5.74) is -0.624. The molecule has 7 nitrogen and oxygen atoms in total. The van der Waals surface area contributed by atoms with Gasteiger partial charge >= 0.3 is 0 Å². The van der Waals surface area contributed by atoms with Crippen molar-refractivity contribution in [2.24, 2.45) is 0 Å². The van der Waals surface area contributed by atoms with E-state index in [0.717, 1.165) is 0 Å². The molecular weight excluding hydrogens is 330 g/mol. The number of hydrogen-bond acceptors (Lipinski definition) is 6. The van der Waals surface area contributed by atoms with Gasteiger partial charge in [0.1, 0.15) is 10.8 Å². The summed E-state index contributed by atoms with van der Waals surface area (Å²) in [6, 6.07) is 0.673. The summed E-state index contributed by atoms with van der Waals surface area (Å²) in [5.74, 6) is -3.62. The number of sulfonamides is 1. The third-order valence-electron chi connectivity index (χ3n) is 1.86. The van der Waals surface area contributed by atoms with Crippen LogP contribution in [0.3, 0.4) is 0 Å². The van der Waals surface area contributed by atoms with Gasteiger partial charge in [-0.3, -0.25) is 10.1 Å². The van der Waals surface area contributed by atoms with Crippen LogP contribution >= 0.6 is 22.9 Å². The molecule has 0 aromatic carbocycles. The van der Waals surface area contributed by atoms with Crippen LogP contribution in [0.25, 0.3) is 0 Å². The molecule has 0 unspecified atom stereocenters. The fourth-order valence-electron chi connectivity index (χ4n) is 0.923. The SMILES string of the molecule is O=[N+]([O-])c1cc(S(=O)(=O)NCC(F)(F)CO)sc1Cl. The van der Waals surface area contributed by atoms with Crippen molar-refractivity contribution in [2.75, 3.05) is 13.2 Å². The molecule has 0 aliphatic rings. The Kier molecular flexibility index (Phi) is 4.79. The average molecular weight is 337 g/mol. The molecule has 2 N–H and O–H groups in total. The molecule has 0 saturated carbocycles. The van der Waals surface area contributed by atoms with Crippen molar-refractivity contribution in [3.05, 3.63) is 20.5 Å². The highest BCUT2D eigenvalue weighted by atomic mass is 35.5. The Balaban J connectivity index is 2.96. The fraction of sp³-hybridized carbons (Fsp3) is 0.429. The Hall–Kier alpha value is -0.880. The van der Waals surface area contributed by atoms with Crippen LogP contribution < -0.4 is 4.72 Å². The van der Waals surface area contributed by atoms with Gasteiger partial charge < -0.3 is 5.11 Å². The first-order valence-corrected chi connectivity index (χ1v) is 7.19. The summed E-state index contributed by atoms with van der Waals surface area (Å²) in [7, 11) is -4.35. The van der Waals surface area contributed by atoms with E-state index in [2.05, 4.69) is 0 Å². The van der Waals surface area contributed by atoms with Gasteiger partial charge in [0.25, 0.3) is 21.6 Å². The predicted octanol–water partition coefficient (Wildman–Crippen LogP) is 1.22. The van der Waals surface area contributed by atoms with Crippen LogP contribution in [-0.2, 0) is 10.0 Å². The number of nitrogens with zero attached hydrogens (tertiary/aromatic N) is 1. The molecule has 19 heavy (non-hydrogen) atoms. The van der Waals surface area contributed by atoms with Gasteiger partial charge in [-0.05, 0) is 0 Å². The normalized spacial score (nSPS) is 12.6. The summed E-state index contributed by atoms with van der Waals surface area (Å²) in [5, 5.41) is 18.8. The average Bonchev–Trinajstić information content (AvgIpc) is 2.70. The highest BCUT2D eigenvalue weighted by Gasteiger charge is 2.32. The molecule has 1 aromatic heterocycles. The predicted molar refractivity (Wildman–Crippen MR) is 63.2 cm³/mol. The maximum absolute atomic E-state index is 12.7. The lowest BCUT2D eigenvalue weighted by molar-refractivity contribution is -0.384. The Labute approximate surface area is 115 Å². The summed E-state index contributed by atoms with van der Waals surface area (Å²) >= 11 is 5.83. The van der Waals surface area contributed by atoms with Gasteiger partial charge in [0.05, 0.1) is 11.5 Å². The second-order valence-corrected chi connectivity index (χ2v) is 6.97. The van der Waals surface area contributed by atoms with E-state index in [4.69, 9.17) is 16.7 Å². The molecule has 0 spiro atoms. The van der Waals surface area contributed by atoms with E-state index < -0.39 is 43.9 Å². The topological polar surface area (TPSA) is 110 Å². The zero-order valence-corrected chi connectivity index (χ0v) is 11.4. The second kappa shape index (κ2) is 5.63. The van der Waals surface area contributed by atoms with E-state index >= 15 is 0 Å². The van der Waals surface area contributed by atoms with Crippen LogP contribution in [0.2, 0.25) is 4.34 Å². The molecule has 0 amide bonds. The quantitative estimate of drug-likeness (QED) is 0.599. The first-order valence-electron chi connectivity index (χ1n) is 4.51. The smallest absolute Gasteiger partial charge is 0.300 e. The number of halogens is 3. The number of rotatable bonds is 6. The second-order valence-electron chi connectivity index (χ2n) is 3.32. The number of aliphatic hydroxyl groups excluding tert-OH is 1. The number of hydrogen-bond donors (Lipinski definition) is 2. The minimum atomic E-state index is -4.35. The van der Waals surface area contributed by atoms with Crippen LogP contribution in [0.5, 0.6) is 0 Å². The molecule has 12 heteroatoms. The van der Waals surface area contributed by atoms with E-state index in [1.54, 1.807) is 0 Å². The summed E-state index contributed by atoms with van der Waals surface area (Å²) in [4.78, 5) is 9.60. The molecule has 0 saturated heterocycles. The number of alkyl halides is 2. The van der Waals surface area contributed by atoms with Crippen molar-refractivity contribution in [3.63, 3.8) is 0 Å². The molecule has 1 aromatic rings.